The highest BCUT2D eigenvalue weighted by molar-refractivity contribution is 5.82. The van der Waals surface area contributed by atoms with Gasteiger partial charge < -0.3 is 19.8 Å². The van der Waals surface area contributed by atoms with Crippen molar-refractivity contribution < 1.29 is 9.47 Å². The maximum absolute atomic E-state index is 5.75. The van der Waals surface area contributed by atoms with Crippen molar-refractivity contribution in [1.29, 1.82) is 0 Å². The van der Waals surface area contributed by atoms with E-state index in [2.05, 4.69) is 60.5 Å². The molecule has 2 aromatic carbocycles. The van der Waals surface area contributed by atoms with Crippen LogP contribution in [0.2, 0.25) is 0 Å². The number of benzene rings is 2. The van der Waals surface area contributed by atoms with Crippen LogP contribution in [0.4, 0.5) is 0 Å². The Hall–Kier alpha value is -2.46. The van der Waals surface area contributed by atoms with E-state index >= 15 is 0 Å². The Morgan fingerprint density at radius 3 is 2.72 bits per heavy atom. The smallest absolute Gasteiger partial charge is 0.161 e. The Balaban J connectivity index is 1.56. The molecular formula is C21H24N2O2. The summed E-state index contributed by atoms with van der Waals surface area (Å²) in [4.78, 5) is 3.28. The van der Waals surface area contributed by atoms with Crippen LogP contribution in [0, 0.1) is 5.92 Å². The molecular weight excluding hydrogens is 312 g/mol. The zero-order chi connectivity index (χ0) is 17.2. The van der Waals surface area contributed by atoms with Gasteiger partial charge in [-0.3, -0.25) is 0 Å². The number of aromatic nitrogens is 1. The van der Waals surface area contributed by atoms with Gasteiger partial charge in [0.25, 0.3) is 0 Å². The second-order valence-corrected chi connectivity index (χ2v) is 6.86. The summed E-state index contributed by atoms with van der Waals surface area (Å²) in [5, 5.41) is 5.01. The minimum atomic E-state index is 0.255. The van der Waals surface area contributed by atoms with E-state index in [1.807, 2.05) is 12.3 Å². The minimum Gasteiger partial charge on any atom is -0.486 e. The summed E-state index contributed by atoms with van der Waals surface area (Å²) in [5.41, 5.74) is 3.72. The van der Waals surface area contributed by atoms with Gasteiger partial charge in [0.15, 0.2) is 11.5 Å². The Morgan fingerprint density at radius 2 is 1.88 bits per heavy atom. The zero-order valence-corrected chi connectivity index (χ0v) is 14.7. The number of aromatic amines is 1. The van der Waals surface area contributed by atoms with Gasteiger partial charge in [0, 0.05) is 29.7 Å². The molecule has 2 N–H and O–H groups in total. The largest absolute Gasteiger partial charge is 0.486 e. The maximum atomic E-state index is 5.75. The van der Waals surface area contributed by atoms with Crippen LogP contribution in [0.15, 0.2) is 48.7 Å². The summed E-state index contributed by atoms with van der Waals surface area (Å²) < 4.78 is 11.4. The fourth-order valence-corrected chi connectivity index (χ4v) is 3.52. The van der Waals surface area contributed by atoms with E-state index in [1.54, 1.807) is 0 Å². The molecule has 4 rings (SSSR count). The first-order chi connectivity index (χ1) is 12.2. The molecule has 25 heavy (non-hydrogen) atoms. The third kappa shape index (κ3) is 3.22. The zero-order valence-electron chi connectivity index (χ0n) is 14.7. The molecule has 1 aliphatic heterocycles. The lowest BCUT2D eigenvalue weighted by molar-refractivity contribution is 0.171. The summed E-state index contributed by atoms with van der Waals surface area (Å²) in [6.45, 7) is 6.55. The standard InChI is InChI=1S/C21H24N2O2/c1-14(2)21(15-6-7-19-20(12-15)25-11-10-24-19)23-13-16-4-3-5-18-17(16)8-9-22-18/h3-9,12,14,21-23H,10-11,13H2,1-2H3. The van der Waals surface area contributed by atoms with Crippen molar-refractivity contribution in [1.82, 2.24) is 10.3 Å². The first-order valence-electron chi connectivity index (χ1n) is 8.90. The van der Waals surface area contributed by atoms with Crippen molar-refractivity contribution >= 4 is 10.9 Å². The van der Waals surface area contributed by atoms with Crippen LogP contribution < -0.4 is 14.8 Å². The second kappa shape index (κ2) is 6.81. The Kier molecular flexibility index (Phi) is 4.36. The third-order valence-electron chi connectivity index (χ3n) is 4.79. The molecule has 1 aromatic heterocycles. The van der Waals surface area contributed by atoms with E-state index in [0.717, 1.165) is 18.0 Å². The average molecular weight is 336 g/mol. The minimum absolute atomic E-state index is 0.255. The molecule has 4 nitrogen and oxygen atoms in total. The molecule has 4 heteroatoms. The second-order valence-electron chi connectivity index (χ2n) is 6.86. The van der Waals surface area contributed by atoms with E-state index in [0.29, 0.717) is 19.1 Å². The highest BCUT2D eigenvalue weighted by Gasteiger charge is 2.19. The van der Waals surface area contributed by atoms with Gasteiger partial charge in [0.2, 0.25) is 0 Å². The molecule has 0 aliphatic carbocycles. The average Bonchev–Trinajstić information content (AvgIpc) is 3.11. The number of fused-ring (bicyclic) bond motifs is 2. The lowest BCUT2D eigenvalue weighted by Gasteiger charge is -2.25. The highest BCUT2D eigenvalue weighted by atomic mass is 16.6. The number of ether oxygens (including phenoxy) is 2. The van der Waals surface area contributed by atoms with E-state index < -0.39 is 0 Å². The van der Waals surface area contributed by atoms with E-state index in [1.165, 1.54) is 22.0 Å². The normalized spacial score (nSPS) is 14.8. The number of hydrogen-bond acceptors (Lipinski definition) is 3. The first kappa shape index (κ1) is 16.0. The molecule has 0 radical (unpaired) electrons. The van der Waals surface area contributed by atoms with Crippen molar-refractivity contribution in [3.63, 3.8) is 0 Å². The van der Waals surface area contributed by atoms with Crippen LogP contribution in [-0.2, 0) is 6.54 Å². The van der Waals surface area contributed by atoms with Gasteiger partial charge in [-0.1, -0.05) is 32.0 Å². The van der Waals surface area contributed by atoms with Gasteiger partial charge in [-0.25, -0.2) is 0 Å². The van der Waals surface area contributed by atoms with E-state index in [-0.39, 0.29) is 6.04 Å². The molecule has 3 aromatic rings. The van der Waals surface area contributed by atoms with Crippen LogP contribution in [0.1, 0.15) is 31.0 Å². The Morgan fingerprint density at radius 1 is 1.04 bits per heavy atom. The van der Waals surface area contributed by atoms with Crippen molar-refractivity contribution in [2.24, 2.45) is 5.92 Å². The SMILES string of the molecule is CC(C)C(NCc1cccc2[nH]ccc12)c1ccc2c(c1)OCCO2. The van der Waals surface area contributed by atoms with Gasteiger partial charge in [0.05, 0.1) is 0 Å². The summed E-state index contributed by atoms with van der Waals surface area (Å²) in [6, 6.07) is 15.1. The van der Waals surface area contributed by atoms with Crippen molar-refractivity contribution in [3.8, 4) is 11.5 Å². The number of nitrogens with one attached hydrogen (secondary N) is 2. The molecule has 2 heterocycles. The van der Waals surface area contributed by atoms with E-state index in [4.69, 9.17) is 9.47 Å². The molecule has 0 amide bonds. The monoisotopic (exact) mass is 336 g/mol. The van der Waals surface area contributed by atoms with Gasteiger partial charge in [-0.2, -0.15) is 0 Å². The van der Waals surface area contributed by atoms with Gasteiger partial charge in [-0.15, -0.1) is 0 Å². The summed E-state index contributed by atoms with van der Waals surface area (Å²) >= 11 is 0. The van der Waals surface area contributed by atoms with Crippen molar-refractivity contribution in [3.05, 3.63) is 59.8 Å². The number of H-pyrrole nitrogens is 1. The maximum Gasteiger partial charge on any atom is 0.161 e. The van der Waals surface area contributed by atoms with Crippen LogP contribution in [-0.4, -0.2) is 18.2 Å². The molecule has 130 valence electrons. The molecule has 0 saturated heterocycles. The number of rotatable bonds is 5. The highest BCUT2D eigenvalue weighted by Crippen LogP contribution is 2.34. The number of hydrogen-bond donors (Lipinski definition) is 2. The Labute approximate surface area is 148 Å². The topological polar surface area (TPSA) is 46.3 Å². The van der Waals surface area contributed by atoms with E-state index in [9.17, 15) is 0 Å². The third-order valence-corrected chi connectivity index (χ3v) is 4.79. The summed E-state index contributed by atoms with van der Waals surface area (Å²) in [6.07, 6.45) is 1.99. The molecule has 0 saturated carbocycles. The Bertz CT molecular complexity index is 869. The quantitative estimate of drug-likeness (QED) is 0.725. The molecule has 1 aliphatic rings. The lowest BCUT2D eigenvalue weighted by atomic mass is 9.95. The fourth-order valence-electron chi connectivity index (χ4n) is 3.52. The van der Waals surface area contributed by atoms with Gasteiger partial charge >= 0.3 is 0 Å². The molecule has 0 fully saturated rings. The molecule has 1 unspecified atom stereocenters. The lowest BCUT2D eigenvalue weighted by Crippen LogP contribution is -2.26. The van der Waals surface area contributed by atoms with Crippen molar-refractivity contribution in [2.45, 2.75) is 26.4 Å². The summed E-state index contributed by atoms with van der Waals surface area (Å²) in [7, 11) is 0. The van der Waals surface area contributed by atoms with Crippen LogP contribution in [0.25, 0.3) is 10.9 Å². The summed E-state index contributed by atoms with van der Waals surface area (Å²) in [5.74, 6) is 2.16. The van der Waals surface area contributed by atoms with Crippen molar-refractivity contribution in [2.75, 3.05) is 13.2 Å². The molecule has 1 atom stereocenters. The fraction of sp³-hybridized carbons (Fsp3) is 0.333. The molecule has 0 spiro atoms. The predicted octanol–water partition coefficient (Wildman–Crippen LogP) is 4.43. The van der Waals surface area contributed by atoms with Crippen LogP contribution >= 0.6 is 0 Å². The van der Waals surface area contributed by atoms with Crippen LogP contribution in [0.3, 0.4) is 0 Å². The van der Waals surface area contributed by atoms with Crippen LogP contribution in [0.5, 0.6) is 11.5 Å². The van der Waals surface area contributed by atoms with Gasteiger partial charge in [0.1, 0.15) is 13.2 Å². The van der Waals surface area contributed by atoms with Gasteiger partial charge in [-0.05, 0) is 41.3 Å². The molecule has 0 bridgehead atoms. The predicted molar refractivity (Wildman–Crippen MR) is 100 cm³/mol. The first-order valence-corrected chi connectivity index (χ1v) is 8.90.